The lowest BCUT2D eigenvalue weighted by molar-refractivity contribution is -0.291. The summed E-state index contributed by atoms with van der Waals surface area (Å²) >= 11 is 6.25. The first-order valence-electron chi connectivity index (χ1n) is 9.31. The summed E-state index contributed by atoms with van der Waals surface area (Å²) in [6.07, 6.45) is 3.98. The molecule has 3 rings (SSSR count). The Labute approximate surface area is 168 Å². The highest BCUT2D eigenvalue weighted by atomic mass is 35.5. The molecule has 1 aromatic rings. The fourth-order valence-electron chi connectivity index (χ4n) is 3.37. The van der Waals surface area contributed by atoms with Crippen molar-refractivity contribution in [1.29, 1.82) is 0 Å². The zero-order chi connectivity index (χ0) is 19.9. The van der Waals surface area contributed by atoms with Gasteiger partial charge < -0.3 is 29.2 Å². The van der Waals surface area contributed by atoms with E-state index in [1.807, 2.05) is 24.3 Å². The molecule has 0 aliphatic carbocycles. The standard InChI is InChI=1S/C20H25ClO7/c21-19-15(11-25-12-27-19)20-26-10-13(6-2-1-3-9-17(23)24)18(28-20)14-7-4-5-8-16(14)22/h1-2,4-5,7-8,13,15,18-20,22H,3,6,9-12H2,(H,23,24)/b2-1-/t13-,15?,18+,19?,20+/m1/s1. The predicted molar refractivity (Wildman–Crippen MR) is 101 cm³/mol. The topological polar surface area (TPSA) is 94.5 Å². The van der Waals surface area contributed by atoms with Crippen LogP contribution in [0.4, 0.5) is 0 Å². The van der Waals surface area contributed by atoms with Crippen LogP contribution in [0, 0.1) is 11.8 Å². The van der Waals surface area contributed by atoms with Crippen molar-refractivity contribution < 1.29 is 34.0 Å². The van der Waals surface area contributed by atoms with Crippen LogP contribution in [0.1, 0.15) is 30.9 Å². The number of aliphatic carboxylic acids is 1. The van der Waals surface area contributed by atoms with Gasteiger partial charge in [-0.2, -0.15) is 0 Å². The predicted octanol–water partition coefficient (Wildman–Crippen LogP) is 3.42. The molecule has 2 saturated heterocycles. The van der Waals surface area contributed by atoms with E-state index in [9.17, 15) is 9.90 Å². The van der Waals surface area contributed by atoms with Gasteiger partial charge in [0.1, 0.15) is 18.1 Å². The summed E-state index contributed by atoms with van der Waals surface area (Å²) in [5, 5.41) is 19.0. The molecule has 0 saturated carbocycles. The number of hydrogen-bond donors (Lipinski definition) is 2. The molecule has 2 aliphatic heterocycles. The number of carboxylic acid groups (broad SMARTS) is 1. The summed E-state index contributed by atoms with van der Waals surface area (Å²) in [5.74, 6) is -0.983. The Morgan fingerprint density at radius 2 is 2.04 bits per heavy atom. The number of rotatable bonds is 7. The molecule has 2 unspecified atom stereocenters. The first kappa shape index (κ1) is 21.1. The number of para-hydroxylation sites is 1. The van der Waals surface area contributed by atoms with E-state index in [0.717, 1.165) is 0 Å². The maximum Gasteiger partial charge on any atom is 0.303 e. The molecular formula is C20H25ClO7. The highest BCUT2D eigenvalue weighted by Gasteiger charge is 2.41. The Balaban J connectivity index is 1.71. The fourth-order valence-corrected chi connectivity index (χ4v) is 3.61. The third kappa shape index (κ3) is 5.46. The Hall–Kier alpha value is -1.64. The Bertz CT molecular complexity index is 680. The second-order valence-electron chi connectivity index (χ2n) is 6.89. The van der Waals surface area contributed by atoms with Crippen molar-refractivity contribution in [2.75, 3.05) is 20.0 Å². The van der Waals surface area contributed by atoms with Crippen molar-refractivity contribution >= 4 is 17.6 Å². The van der Waals surface area contributed by atoms with Crippen LogP contribution in [0.2, 0.25) is 0 Å². The minimum Gasteiger partial charge on any atom is -0.508 e. The number of phenolic OH excluding ortho intramolecular Hbond substituents is 1. The van der Waals surface area contributed by atoms with E-state index >= 15 is 0 Å². The molecule has 0 bridgehead atoms. The number of phenols is 1. The van der Waals surface area contributed by atoms with Gasteiger partial charge in [-0.1, -0.05) is 42.0 Å². The van der Waals surface area contributed by atoms with Crippen LogP contribution in [-0.2, 0) is 23.7 Å². The summed E-state index contributed by atoms with van der Waals surface area (Å²) in [6.45, 7) is 0.920. The molecule has 2 heterocycles. The SMILES string of the molecule is O=C(O)CC/C=C\C[C@@H]1CO[C@H](C2COCOC2Cl)O[C@@H]1c1ccccc1O. The zero-order valence-corrected chi connectivity index (χ0v) is 16.2. The molecular weight excluding hydrogens is 388 g/mol. The average Bonchev–Trinajstić information content (AvgIpc) is 2.68. The van der Waals surface area contributed by atoms with Crippen molar-refractivity contribution in [3.8, 4) is 5.75 Å². The lowest BCUT2D eigenvalue weighted by Gasteiger charge is -2.41. The van der Waals surface area contributed by atoms with Gasteiger partial charge in [-0.15, -0.1) is 0 Å². The van der Waals surface area contributed by atoms with Gasteiger partial charge in [0.05, 0.1) is 25.2 Å². The van der Waals surface area contributed by atoms with Crippen LogP contribution in [0.25, 0.3) is 0 Å². The van der Waals surface area contributed by atoms with Crippen LogP contribution < -0.4 is 0 Å². The lowest BCUT2D eigenvalue weighted by Crippen LogP contribution is -2.46. The van der Waals surface area contributed by atoms with E-state index in [0.29, 0.717) is 31.6 Å². The van der Waals surface area contributed by atoms with E-state index in [1.165, 1.54) is 0 Å². The maximum absolute atomic E-state index is 10.6. The number of carbonyl (C=O) groups is 1. The van der Waals surface area contributed by atoms with Crippen molar-refractivity contribution in [3.63, 3.8) is 0 Å². The molecule has 2 N–H and O–H groups in total. The van der Waals surface area contributed by atoms with E-state index in [4.69, 9.17) is 35.7 Å². The van der Waals surface area contributed by atoms with Crippen molar-refractivity contribution in [1.82, 2.24) is 0 Å². The molecule has 8 heteroatoms. The summed E-state index contributed by atoms with van der Waals surface area (Å²) in [5.41, 5.74) is 0.111. The summed E-state index contributed by atoms with van der Waals surface area (Å²) < 4.78 is 22.8. The van der Waals surface area contributed by atoms with E-state index in [-0.39, 0.29) is 30.8 Å². The number of ether oxygens (including phenoxy) is 4. The third-order valence-corrected chi connectivity index (χ3v) is 5.31. The monoisotopic (exact) mass is 412 g/mol. The minimum atomic E-state index is -0.823. The van der Waals surface area contributed by atoms with Gasteiger partial charge in [-0.3, -0.25) is 4.79 Å². The van der Waals surface area contributed by atoms with Gasteiger partial charge in [0.25, 0.3) is 0 Å². The summed E-state index contributed by atoms with van der Waals surface area (Å²) in [6, 6.07) is 7.06. The van der Waals surface area contributed by atoms with Gasteiger partial charge in [-0.05, 0) is 18.9 Å². The Morgan fingerprint density at radius 1 is 1.21 bits per heavy atom. The normalized spacial score (nSPS) is 31.1. The molecule has 2 aliphatic rings. The maximum atomic E-state index is 10.6. The summed E-state index contributed by atoms with van der Waals surface area (Å²) in [4.78, 5) is 10.6. The second kappa shape index (κ2) is 10.2. The van der Waals surface area contributed by atoms with Crippen molar-refractivity contribution in [3.05, 3.63) is 42.0 Å². The number of allylic oxidation sites excluding steroid dienone is 2. The molecule has 7 nitrogen and oxygen atoms in total. The number of hydrogen-bond acceptors (Lipinski definition) is 6. The van der Waals surface area contributed by atoms with Gasteiger partial charge in [-0.25, -0.2) is 0 Å². The van der Waals surface area contributed by atoms with E-state index in [1.54, 1.807) is 12.1 Å². The third-order valence-electron chi connectivity index (χ3n) is 4.86. The quantitative estimate of drug-likeness (QED) is 0.523. The number of benzene rings is 1. The molecule has 5 atom stereocenters. The Kier molecular flexibility index (Phi) is 7.70. The molecule has 28 heavy (non-hydrogen) atoms. The van der Waals surface area contributed by atoms with E-state index in [2.05, 4.69) is 0 Å². The van der Waals surface area contributed by atoms with Crippen LogP contribution >= 0.6 is 11.6 Å². The molecule has 0 spiro atoms. The van der Waals surface area contributed by atoms with Crippen LogP contribution in [-0.4, -0.2) is 48.0 Å². The van der Waals surface area contributed by atoms with Crippen LogP contribution in [0.15, 0.2) is 36.4 Å². The molecule has 0 radical (unpaired) electrons. The van der Waals surface area contributed by atoms with Gasteiger partial charge in [0, 0.05) is 17.9 Å². The number of aromatic hydroxyl groups is 1. The van der Waals surface area contributed by atoms with Gasteiger partial charge in [0.15, 0.2) is 6.29 Å². The Morgan fingerprint density at radius 3 is 2.79 bits per heavy atom. The molecule has 0 amide bonds. The highest BCUT2D eigenvalue weighted by Crippen LogP contribution is 2.41. The number of carboxylic acids is 1. The zero-order valence-electron chi connectivity index (χ0n) is 15.4. The van der Waals surface area contributed by atoms with Gasteiger partial charge >= 0.3 is 5.97 Å². The van der Waals surface area contributed by atoms with E-state index < -0.39 is 23.9 Å². The first-order chi connectivity index (χ1) is 13.6. The van der Waals surface area contributed by atoms with Crippen molar-refractivity contribution in [2.24, 2.45) is 11.8 Å². The molecule has 0 aromatic heterocycles. The highest BCUT2D eigenvalue weighted by molar-refractivity contribution is 6.19. The first-order valence-corrected chi connectivity index (χ1v) is 9.75. The lowest BCUT2D eigenvalue weighted by atomic mass is 9.91. The number of halogens is 1. The van der Waals surface area contributed by atoms with Gasteiger partial charge in [0.2, 0.25) is 0 Å². The second-order valence-corrected chi connectivity index (χ2v) is 7.32. The van der Waals surface area contributed by atoms with Crippen LogP contribution in [0.5, 0.6) is 5.75 Å². The fraction of sp³-hybridized carbons (Fsp3) is 0.550. The average molecular weight is 413 g/mol. The van der Waals surface area contributed by atoms with Crippen molar-refractivity contribution in [2.45, 2.75) is 37.2 Å². The number of alkyl halides is 1. The molecule has 2 fully saturated rings. The summed E-state index contributed by atoms with van der Waals surface area (Å²) in [7, 11) is 0. The van der Waals surface area contributed by atoms with Crippen LogP contribution in [0.3, 0.4) is 0 Å². The molecule has 154 valence electrons. The minimum absolute atomic E-state index is 0.0372. The largest absolute Gasteiger partial charge is 0.508 e. The molecule has 1 aromatic carbocycles. The smallest absolute Gasteiger partial charge is 0.303 e.